The topological polar surface area (TPSA) is 50.4 Å². The maximum absolute atomic E-state index is 11.7. The lowest BCUT2D eigenvalue weighted by Gasteiger charge is -2.22. The van der Waals surface area contributed by atoms with Gasteiger partial charge in [-0.1, -0.05) is 68.7 Å². The third-order valence-electron chi connectivity index (χ3n) is 6.44. The van der Waals surface area contributed by atoms with E-state index in [2.05, 4.69) is 55.4 Å². The number of nitrogens with one attached hydrogen (secondary N) is 2. The van der Waals surface area contributed by atoms with Crippen LogP contribution in [0.3, 0.4) is 0 Å². The number of unbranched alkanes of at least 4 members (excludes halogenated alkanes) is 4. The first kappa shape index (κ1) is 28.8. The highest BCUT2D eigenvalue weighted by molar-refractivity contribution is 6.34. The molecule has 1 aromatic carbocycles. The molecule has 0 aromatic heterocycles. The Balaban J connectivity index is 1.94. The zero-order valence-electron chi connectivity index (χ0n) is 22.1. The lowest BCUT2D eigenvalue weighted by molar-refractivity contribution is -0.121. The molecule has 0 saturated heterocycles. The lowest BCUT2D eigenvalue weighted by Crippen LogP contribution is -2.23. The number of allylic oxidation sites excluding steroid dienone is 3. The SMILES string of the molecule is C=Cc1c2c(c(OC)c(Cl)c1/C=C(C)/C(=C/C)NCCCCCCNC(=O)CCCC)CCC=C2. The van der Waals surface area contributed by atoms with Crippen molar-refractivity contribution < 1.29 is 9.53 Å². The van der Waals surface area contributed by atoms with Crippen molar-refractivity contribution in [2.45, 2.75) is 78.6 Å². The van der Waals surface area contributed by atoms with Gasteiger partial charge in [-0.3, -0.25) is 4.79 Å². The summed E-state index contributed by atoms with van der Waals surface area (Å²) in [4.78, 5) is 11.7. The van der Waals surface area contributed by atoms with Crippen LogP contribution < -0.4 is 15.4 Å². The van der Waals surface area contributed by atoms with Crippen LogP contribution >= 0.6 is 11.6 Å². The van der Waals surface area contributed by atoms with Crippen molar-refractivity contribution >= 4 is 35.7 Å². The van der Waals surface area contributed by atoms with E-state index >= 15 is 0 Å². The zero-order valence-corrected chi connectivity index (χ0v) is 22.8. The first-order valence-corrected chi connectivity index (χ1v) is 13.4. The van der Waals surface area contributed by atoms with Crippen LogP contribution in [0.1, 0.15) is 94.4 Å². The Morgan fingerprint density at radius 3 is 2.49 bits per heavy atom. The molecule has 192 valence electrons. The number of carbonyl (C=O) groups excluding carboxylic acids is 1. The van der Waals surface area contributed by atoms with Crippen molar-refractivity contribution in [1.82, 2.24) is 10.6 Å². The highest BCUT2D eigenvalue weighted by atomic mass is 35.5. The number of amides is 1. The van der Waals surface area contributed by atoms with Crippen molar-refractivity contribution in [1.29, 1.82) is 0 Å². The molecule has 0 bridgehead atoms. The first-order valence-electron chi connectivity index (χ1n) is 13.0. The maximum Gasteiger partial charge on any atom is 0.219 e. The van der Waals surface area contributed by atoms with Gasteiger partial charge in [0.05, 0.1) is 12.1 Å². The number of carbonyl (C=O) groups is 1. The molecule has 1 amide bonds. The molecule has 0 spiro atoms. The summed E-state index contributed by atoms with van der Waals surface area (Å²) in [5.74, 6) is 0.952. The second-order valence-corrected chi connectivity index (χ2v) is 9.41. The van der Waals surface area contributed by atoms with Gasteiger partial charge in [-0.15, -0.1) is 0 Å². The molecule has 0 aliphatic heterocycles. The third-order valence-corrected chi connectivity index (χ3v) is 6.82. The molecular weight excluding hydrogens is 456 g/mol. The summed E-state index contributed by atoms with van der Waals surface area (Å²) in [6.07, 6.45) is 19.5. The number of ether oxygens (including phenoxy) is 1. The molecule has 0 fully saturated rings. The highest BCUT2D eigenvalue weighted by Crippen LogP contribution is 2.42. The molecule has 1 aliphatic carbocycles. The minimum absolute atomic E-state index is 0.181. The van der Waals surface area contributed by atoms with Gasteiger partial charge in [0.2, 0.25) is 5.91 Å². The standard InChI is InChI=1S/C30H43ClN2O2/c1-6-9-18-28(34)33-20-15-11-10-14-19-32-27(8-3)22(4)21-26-23(7-2)24-16-12-13-17-25(24)30(35-5)29(26)31/h7-8,12,16,21,32H,2,6,9-11,13-15,17-20H2,1,3-5H3,(H,33,34)/b22-21+,27-8-. The van der Waals surface area contributed by atoms with Crippen LogP contribution in [0.4, 0.5) is 0 Å². The summed E-state index contributed by atoms with van der Waals surface area (Å²) in [6, 6.07) is 0. The number of rotatable bonds is 15. The maximum atomic E-state index is 11.7. The minimum Gasteiger partial charge on any atom is -0.495 e. The van der Waals surface area contributed by atoms with E-state index in [1.807, 2.05) is 13.0 Å². The second-order valence-electron chi connectivity index (χ2n) is 9.04. The molecule has 0 saturated carbocycles. The fourth-order valence-electron chi connectivity index (χ4n) is 4.49. The Morgan fingerprint density at radius 2 is 1.86 bits per heavy atom. The van der Waals surface area contributed by atoms with Gasteiger partial charge in [-0.25, -0.2) is 0 Å². The van der Waals surface area contributed by atoms with Crippen LogP contribution in [0.25, 0.3) is 18.2 Å². The molecule has 0 radical (unpaired) electrons. The van der Waals surface area contributed by atoms with Gasteiger partial charge in [-0.2, -0.15) is 0 Å². The first-order chi connectivity index (χ1) is 17.0. The van der Waals surface area contributed by atoms with Crippen molar-refractivity contribution in [2.75, 3.05) is 20.2 Å². The molecule has 35 heavy (non-hydrogen) atoms. The number of hydrogen-bond donors (Lipinski definition) is 2. The van der Waals surface area contributed by atoms with E-state index in [1.165, 1.54) is 0 Å². The molecule has 2 N–H and O–H groups in total. The smallest absolute Gasteiger partial charge is 0.219 e. The van der Waals surface area contributed by atoms with E-state index in [9.17, 15) is 4.79 Å². The fourth-order valence-corrected chi connectivity index (χ4v) is 4.84. The van der Waals surface area contributed by atoms with Crippen LogP contribution in [-0.2, 0) is 11.2 Å². The summed E-state index contributed by atoms with van der Waals surface area (Å²) in [7, 11) is 1.69. The Morgan fingerprint density at radius 1 is 1.14 bits per heavy atom. The normalized spacial score (nSPS) is 13.4. The van der Waals surface area contributed by atoms with E-state index < -0.39 is 0 Å². The molecule has 0 unspecified atom stereocenters. The van der Waals surface area contributed by atoms with Gasteiger partial charge in [0, 0.05) is 36.3 Å². The Labute approximate surface area is 217 Å². The monoisotopic (exact) mass is 498 g/mol. The predicted octanol–water partition coefficient (Wildman–Crippen LogP) is 7.71. The van der Waals surface area contributed by atoms with Crippen molar-refractivity contribution in [2.24, 2.45) is 0 Å². The van der Waals surface area contributed by atoms with Gasteiger partial charge in [0.15, 0.2) is 0 Å². The second kappa shape index (κ2) is 15.5. The number of benzene rings is 1. The molecular formula is C30H43ClN2O2. The van der Waals surface area contributed by atoms with Gasteiger partial charge >= 0.3 is 0 Å². The zero-order chi connectivity index (χ0) is 25.6. The van der Waals surface area contributed by atoms with E-state index in [0.29, 0.717) is 11.4 Å². The number of hydrogen-bond acceptors (Lipinski definition) is 3. The van der Waals surface area contributed by atoms with Gasteiger partial charge < -0.3 is 15.4 Å². The Bertz CT molecular complexity index is 960. The largest absolute Gasteiger partial charge is 0.495 e. The molecule has 5 heteroatoms. The van der Waals surface area contributed by atoms with Crippen molar-refractivity contribution in [3.8, 4) is 5.75 Å². The third kappa shape index (κ3) is 8.31. The number of fused-ring (bicyclic) bond motifs is 1. The van der Waals surface area contributed by atoms with E-state index in [0.717, 1.165) is 104 Å². The summed E-state index contributed by atoms with van der Waals surface area (Å²) in [6.45, 7) is 12.0. The fraction of sp³-hybridized carbons (Fsp3) is 0.500. The van der Waals surface area contributed by atoms with Crippen molar-refractivity contribution in [3.63, 3.8) is 0 Å². The molecule has 0 heterocycles. The van der Waals surface area contributed by atoms with E-state index in [1.54, 1.807) is 7.11 Å². The Kier molecular flexibility index (Phi) is 12.8. The van der Waals surface area contributed by atoms with Crippen molar-refractivity contribution in [3.05, 3.63) is 57.3 Å². The van der Waals surface area contributed by atoms with Gasteiger partial charge in [0.1, 0.15) is 5.75 Å². The van der Waals surface area contributed by atoms with Crippen LogP contribution in [0.2, 0.25) is 5.02 Å². The van der Waals surface area contributed by atoms with E-state index in [4.69, 9.17) is 16.3 Å². The highest BCUT2D eigenvalue weighted by Gasteiger charge is 2.21. The van der Waals surface area contributed by atoms with Gasteiger partial charge in [0.25, 0.3) is 0 Å². The van der Waals surface area contributed by atoms with Gasteiger partial charge in [-0.05, 0) is 68.7 Å². The molecule has 0 atom stereocenters. The molecule has 1 aromatic rings. The minimum atomic E-state index is 0.181. The summed E-state index contributed by atoms with van der Waals surface area (Å²) >= 11 is 6.85. The van der Waals surface area contributed by atoms with Crippen LogP contribution in [-0.4, -0.2) is 26.1 Å². The average Bonchev–Trinajstić information content (AvgIpc) is 2.87. The average molecular weight is 499 g/mol. The quantitative estimate of drug-likeness (QED) is 0.192. The lowest BCUT2D eigenvalue weighted by atomic mass is 9.88. The van der Waals surface area contributed by atoms with Crippen LogP contribution in [0.5, 0.6) is 5.75 Å². The molecule has 2 rings (SSSR count). The van der Waals surface area contributed by atoms with Crippen LogP contribution in [0, 0.1) is 0 Å². The Hall–Kier alpha value is -2.46. The van der Waals surface area contributed by atoms with Crippen LogP contribution in [0.15, 0.2) is 30.0 Å². The summed E-state index contributed by atoms with van der Waals surface area (Å²) in [5.41, 5.74) is 6.54. The summed E-state index contributed by atoms with van der Waals surface area (Å²) in [5, 5.41) is 7.24. The van der Waals surface area contributed by atoms with E-state index in [-0.39, 0.29) is 5.91 Å². The predicted molar refractivity (Wildman–Crippen MR) is 152 cm³/mol. The molecule has 1 aliphatic rings. The number of methoxy groups -OCH3 is 1. The number of halogens is 1. The summed E-state index contributed by atoms with van der Waals surface area (Å²) < 4.78 is 5.72. The molecule has 4 nitrogen and oxygen atoms in total.